The van der Waals surface area contributed by atoms with Gasteiger partial charge in [0.05, 0.1) is 12.2 Å². The Hall–Kier alpha value is -3.82. The fourth-order valence-electron chi connectivity index (χ4n) is 2.47. The second-order valence-electron chi connectivity index (χ2n) is 5.94. The van der Waals surface area contributed by atoms with Gasteiger partial charge in [-0.25, -0.2) is 4.68 Å². The van der Waals surface area contributed by atoms with Crippen LogP contribution >= 0.6 is 0 Å². The molecule has 3 aromatic rings. The van der Waals surface area contributed by atoms with Gasteiger partial charge in [0.15, 0.2) is 5.75 Å². The summed E-state index contributed by atoms with van der Waals surface area (Å²) in [5.41, 5.74) is -0.799. The highest BCUT2D eigenvalue weighted by atomic mass is 19.4. The Kier molecular flexibility index (Phi) is 6.35. The van der Waals surface area contributed by atoms with Gasteiger partial charge in [0.2, 0.25) is 0 Å². The molecule has 0 aliphatic rings. The molecule has 3 rings (SSSR count). The van der Waals surface area contributed by atoms with E-state index in [1.54, 1.807) is 24.3 Å². The molecular weight excluding hydrogens is 403 g/mol. The number of nitrogens with one attached hydrogen (secondary N) is 1. The third kappa shape index (κ3) is 5.84. The van der Waals surface area contributed by atoms with Crippen molar-refractivity contribution in [2.45, 2.75) is 12.9 Å². The Morgan fingerprint density at radius 3 is 2.43 bits per heavy atom. The average Bonchev–Trinajstić information content (AvgIpc) is 2.70. The number of hydrogen-bond acceptors (Lipinski definition) is 5. The lowest BCUT2D eigenvalue weighted by molar-refractivity contribution is -0.274. The molecule has 0 unspecified atom stereocenters. The molecule has 0 saturated heterocycles. The summed E-state index contributed by atoms with van der Waals surface area (Å²) < 4.78 is 48.0. The molecule has 2 aromatic carbocycles. The van der Waals surface area contributed by atoms with Gasteiger partial charge in [-0.05, 0) is 30.3 Å². The zero-order valence-electron chi connectivity index (χ0n) is 15.4. The maximum Gasteiger partial charge on any atom is 0.573 e. The van der Waals surface area contributed by atoms with Crippen molar-refractivity contribution >= 4 is 11.6 Å². The Morgan fingerprint density at radius 2 is 1.70 bits per heavy atom. The Bertz CT molecular complexity index is 1070. The SMILES string of the molecule is O=C(Nc1ccccc1OC(F)(F)F)c1ccc(=O)n(CCOc2ccccc2)n1. The van der Waals surface area contributed by atoms with Crippen molar-refractivity contribution in [3.05, 3.63) is 82.8 Å². The van der Waals surface area contributed by atoms with Crippen LogP contribution in [-0.4, -0.2) is 28.7 Å². The Labute approximate surface area is 168 Å². The number of alkyl halides is 3. The molecule has 0 bridgehead atoms. The van der Waals surface area contributed by atoms with E-state index in [1.807, 2.05) is 6.07 Å². The summed E-state index contributed by atoms with van der Waals surface area (Å²) in [6.07, 6.45) is -4.91. The number of anilines is 1. The number of benzene rings is 2. The third-order valence-electron chi connectivity index (χ3n) is 3.78. The summed E-state index contributed by atoms with van der Waals surface area (Å²) in [7, 11) is 0. The molecule has 0 saturated carbocycles. The van der Waals surface area contributed by atoms with Crippen molar-refractivity contribution in [3.8, 4) is 11.5 Å². The van der Waals surface area contributed by atoms with Gasteiger partial charge in [0.25, 0.3) is 11.5 Å². The number of halogens is 3. The molecular formula is C20H16F3N3O4. The van der Waals surface area contributed by atoms with Gasteiger partial charge >= 0.3 is 6.36 Å². The van der Waals surface area contributed by atoms with Crippen LogP contribution in [0.1, 0.15) is 10.5 Å². The number of para-hydroxylation sites is 3. The van der Waals surface area contributed by atoms with E-state index in [4.69, 9.17) is 4.74 Å². The predicted octanol–water partition coefficient (Wildman–Crippen LogP) is 3.47. The van der Waals surface area contributed by atoms with Gasteiger partial charge in [-0.3, -0.25) is 9.59 Å². The number of amides is 1. The molecule has 0 spiro atoms. The second-order valence-corrected chi connectivity index (χ2v) is 5.94. The van der Waals surface area contributed by atoms with Crippen LogP contribution in [0, 0.1) is 0 Å². The monoisotopic (exact) mass is 419 g/mol. The van der Waals surface area contributed by atoms with E-state index in [2.05, 4.69) is 15.2 Å². The molecule has 7 nitrogen and oxygen atoms in total. The Morgan fingerprint density at radius 1 is 1.00 bits per heavy atom. The molecule has 0 aliphatic heterocycles. The van der Waals surface area contributed by atoms with E-state index in [-0.39, 0.29) is 24.5 Å². The second kappa shape index (κ2) is 9.12. The van der Waals surface area contributed by atoms with Crippen molar-refractivity contribution in [2.75, 3.05) is 11.9 Å². The maximum atomic E-state index is 12.5. The van der Waals surface area contributed by atoms with E-state index in [9.17, 15) is 22.8 Å². The van der Waals surface area contributed by atoms with Crippen molar-refractivity contribution in [1.82, 2.24) is 9.78 Å². The van der Waals surface area contributed by atoms with E-state index < -0.39 is 23.6 Å². The van der Waals surface area contributed by atoms with Crippen LogP contribution in [0.4, 0.5) is 18.9 Å². The summed E-state index contributed by atoms with van der Waals surface area (Å²) in [6.45, 7) is 0.201. The molecule has 1 aromatic heterocycles. The van der Waals surface area contributed by atoms with Crippen LogP contribution in [0.25, 0.3) is 0 Å². The van der Waals surface area contributed by atoms with Crippen LogP contribution in [-0.2, 0) is 6.54 Å². The largest absolute Gasteiger partial charge is 0.573 e. The normalized spacial score (nSPS) is 11.0. The molecule has 0 aliphatic carbocycles. The van der Waals surface area contributed by atoms with E-state index in [1.165, 1.54) is 24.3 Å². The minimum absolute atomic E-state index is 0.0720. The lowest BCUT2D eigenvalue weighted by Crippen LogP contribution is -2.28. The third-order valence-corrected chi connectivity index (χ3v) is 3.78. The predicted molar refractivity (Wildman–Crippen MR) is 102 cm³/mol. The number of carbonyl (C=O) groups is 1. The fraction of sp³-hybridized carbons (Fsp3) is 0.150. The van der Waals surface area contributed by atoms with Gasteiger partial charge in [-0.15, -0.1) is 13.2 Å². The highest BCUT2D eigenvalue weighted by molar-refractivity contribution is 6.03. The van der Waals surface area contributed by atoms with Crippen molar-refractivity contribution in [1.29, 1.82) is 0 Å². The van der Waals surface area contributed by atoms with Crippen LogP contribution < -0.4 is 20.3 Å². The van der Waals surface area contributed by atoms with E-state index in [0.717, 1.165) is 16.8 Å². The first-order chi connectivity index (χ1) is 14.3. The molecule has 0 radical (unpaired) electrons. The van der Waals surface area contributed by atoms with Crippen LogP contribution in [0.2, 0.25) is 0 Å². The molecule has 0 atom stereocenters. The minimum atomic E-state index is -4.91. The molecule has 30 heavy (non-hydrogen) atoms. The number of rotatable bonds is 7. The molecule has 156 valence electrons. The van der Waals surface area contributed by atoms with Gasteiger partial charge in [-0.2, -0.15) is 5.10 Å². The maximum absolute atomic E-state index is 12.5. The first-order valence-electron chi connectivity index (χ1n) is 8.74. The van der Waals surface area contributed by atoms with Gasteiger partial charge in [0.1, 0.15) is 18.1 Å². The van der Waals surface area contributed by atoms with Gasteiger partial charge in [0, 0.05) is 6.07 Å². The molecule has 1 heterocycles. The van der Waals surface area contributed by atoms with Crippen LogP contribution in [0.5, 0.6) is 11.5 Å². The fourth-order valence-corrected chi connectivity index (χ4v) is 2.47. The molecule has 1 amide bonds. The molecule has 0 fully saturated rings. The number of nitrogens with zero attached hydrogens (tertiary/aromatic N) is 2. The number of ether oxygens (including phenoxy) is 2. The minimum Gasteiger partial charge on any atom is -0.492 e. The lowest BCUT2D eigenvalue weighted by atomic mass is 10.2. The van der Waals surface area contributed by atoms with Gasteiger partial charge in [-0.1, -0.05) is 30.3 Å². The number of carbonyl (C=O) groups excluding carboxylic acids is 1. The van der Waals surface area contributed by atoms with Gasteiger partial charge < -0.3 is 14.8 Å². The standard InChI is InChI=1S/C20H16F3N3O4/c21-20(22,23)30-17-9-5-4-8-15(17)24-19(28)16-10-11-18(27)26(25-16)12-13-29-14-6-2-1-3-7-14/h1-11H,12-13H2,(H,24,28). The molecule has 1 N–H and O–H groups in total. The number of aromatic nitrogens is 2. The smallest absolute Gasteiger partial charge is 0.492 e. The van der Waals surface area contributed by atoms with Crippen LogP contribution in [0.15, 0.2) is 71.5 Å². The first-order valence-corrected chi connectivity index (χ1v) is 8.74. The van der Waals surface area contributed by atoms with Crippen molar-refractivity contribution in [2.24, 2.45) is 0 Å². The summed E-state index contributed by atoms with van der Waals surface area (Å²) in [5, 5.41) is 6.26. The quantitative estimate of drug-likeness (QED) is 0.634. The lowest BCUT2D eigenvalue weighted by Gasteiger charge is -2.14. The number of hydrogen-bond donors (Lipinski definition) is 1. The summed E-state index contributed by atoms with van der Waals surface area (Å²) >= 11 is 0. The average molecular weight is 419 g/mol. The van der Waals surface area contributed by atoms with Crippen molar-refractivity contribution in [3.63, 3.8) is 0 Å². The topological polar surface area (TPSA) is 82.5 Å². The Balaban J connectivity index is 1.70. The van der Waals surface area contributed by atoms with E-state index in [0.29, 0.717) is 5.75 Å². The zero-order chi connectivity index (χ0) is 21.6. The molecule has 10 heteroatoms. The highest BCUT2D eigenvalue weighted by Gasteiger charge is 2.32. The first kappa shape index (κ1) is 20.9. The summed E-state index contributed by atoms with van der Waals surface area (Å²) in [6, 6.07) is 16.3. The van der Waals surface area contributed by atoms with E-state index >= 15 is 0 Å². The van der Waals surface area contributed by atoms with Crippen LogP contribution in [0.3, 0.4) is 0 Å². The highest BCUT2D eigenvalue weighted by Crippen LogP contribution is 2.30. The van der Waals surface area contributed by atoms with Crippen molar-refractivity contribution < 1.29 is 27.4 Å². The summed E-state index contributed by atoms with van der Waals surface area (Å²) in [5.74, 6) is -0.755. The summed E-state index contributed by atoms with van der Waals surface area (Å²) in [4.78, 5) is 24.4. The zero-order valence-corrected chi connectivity index (χ0v) is 15.4.